The Hall–Kier alpha value is -2.16. The first-order valence-electron chi connectivity index (χ1n) is 9.82. The highest BCUT2D eigenvalue weighted by Crippen LogP contribution is 2.34. The van der Waals surface area contributed by atoms with Gasteiger partial charge < -0.3 is 20.1 Å². The SMILES string of the molecule is COc1cc(CNc2cccc(Cl)c2C)cc(I)c1OCC(=O)Nc1ccc(C)c(Cl)c1. The van der Waals surface area contributed by atoms with Crippen LogP contribution in [0.2, 0.25) is 10.0 Å². The lowest BCUT2D eigenvalue weighted by Crippen LogP contribution is -2.20. The van der Waals surface area contributed by atoms with E-state index >= 15 is 0 Å². The predicted octanol–water partition coefficient (Wildman–Crippen LogP) is 6.85. The molecule has 0 aliphatic carbocycles. The molecular weight excluding hydrogens is 562 g/mol. The minimum atomic E-state index is -0.287. The summed E-state index contributed by atoms with van der Waals surface area (Å²) in [4.78, 5) is 12.3. The van der Waals surface area contributed by atoms with Gasteiger partial charge in [-0.2, -0.15) is 0 Å². The Kier molecular flexibility index (Phi) is 8.51. The van der Waals surface area contributed by atoms with Gasteiger partial charge in [-0.15, -0.1) is 0 Å². The average Bonchev–Trinajstić information content (AvgIpc) is 2.76. The number of ether oxygens (including phenoxy) is 2. The molecule has 0 fully saturated rings. The Morgan fingerprint density at radius 1 is 1.06 bits per heavy atom. The van der Waals surface area contributed by atoms with Gasteiger partial charge in [0.15, 0.2) is 18.1 Å². The molecular formula is C24H23Cl2IN2O3. The molecule has 0 atom stereocenters. The van der Waals surface area contributed by atoms with Gasteiger partial charge >= 0.3 is 0 Å². The largest absolute Gasteiger partial charge is 0.493 e. The van der Waals surface area contributed by atoms with Crippen LogP contribution >= 0.6 is 45.8 Å². The smallest absolute Gasteiger partial charge is 0.262 e. The van der Waals surface area contributed by atoms with Crippen molar-refractivity contribution in [1.82, 2.24) is 0 Å². The van der Waals surface area contributed by atoms with Gasteiger partial charge in [-0.1, -0.05) is 35.3 Å². The number of hydrogen-bond acceptors (Lipinski definition) is 4. The van der Waals surface area contributed by atoms with Crippen molar-refractivity contribution >= 4 is 63.1 Å². The van der Waals surface area contributed by atoms with Crippen molar-refractivity contribution in [2.24, 2.45) is 0 Å². The quantitative estimate of drug-likeness (QED) is 0.284. The van der Waals surface area contributed by atoms with Gasteiger partial charge in [0.2, 0.25) is 0 Å². The molecule has 2 N–H and O–H groups in total. The van der Waals surface area contributed by atoms with Crippen molar-refractivity contribution in [2.45, 2.75) is 20.4 Å². The fourth-order valence-electron chi connectivity index (χ4n) is 3.02. The van der Waals surface area contributed by atoms with Gasteiger partial charge in [0.05, 0.1) is 10.7 Å². The van der Waals surface area contributed by atoms with Crippen LogP contribution in [-0.2, 0) is 11.3 Å². The third-order valence-electron chi connectivity index (χ3n) is 4.84. The first-order chi connectivity index (χ1) is 15.3. The van der Waals surface area contributed by atoms with E-state index in [1.165, 1.54) is 0 Å². The Morgan fingerprint density at radius 2 is 1.84 bits per heavy atom. The molecule has 0 unspecified atom stereocenters. The number of anilines is 2. The fraction of sp³-hybridized carbons (Fsp3) is 0.208. The van der Waals surface area contributed by atoms with Crippen LogP contribution in [0.1, 0.15) is 16.7 Å². The summed E-state index contributed by atoms with van der Waals surface area (Å²) in [5.74, 6) is 0.792. The monoisotopic (exact) mass is 584 g/mol. The maximum Gasteiger partial charge on any atom is 0.262 e. The second-order valence-electron chi connectivity index (χ2n) is 7.18. The van der Waals surface area contributed by atoms with Gasteiger partial charge in [0, 0.05) is 28.0 Å². The van der Waals surface area contributed by atoms with Crippen LogP contribution in [0, 0.1) is 17.4 Å². The number of methoxy groups -OCH3 is 1. The molecule has 0 bridgehead atoms. The molecule has 0 aliphatic rings. The minimum absolute atomic E-state index is 0.156. The molecule has 5 nitrogen and oxygen atoms in total. The Balaban J connectivity index is 1.66. The minimum Gasteiger partial charge on any atom is -0.493 e. The van der Waals surface area contributed by atoms with Crippen molar-refractivity contribution in [3.8, 4) is 11.5 Å². The number of carbonyl (C=O) groups is 1. The fourth-order valence-corrected chi connectivity index (χ4v) is 4.19. The lowest BCUT2D eigenvalue weighted by atomic mass is 10.1. The standard InChI is InChI=1S/C24H23Cl2IN2O3/c1-14-7-8-17(11-19(14)26)29-23(30)13-32-24-20(27)9-16(10-22(24)31-3)12-28-21-6-4-5-18(25)15(21)2/h4-11,28H,12-13H2,1-3H3,(H,29,30). The van der Waals surface area contributed by atoms with Crippen LogP contribution in [0.4, 0.5) is 11.4 Å². The molecule has 0 heterocycles. The van der Waals surface area contributed by atoms with Gasteiger partial charge in [-0.25, -0.2) is 0 Å². The average molecular weight is 585 g/mol. The van der Waals surface area contributed by atoms with Crippen molar-refractivity contribution in [2.75, 3.05) is 24.4 Å². The second kappa shape index (κ2) is 11.1. The molecule has 0 saturated heterocycles. The van der Waals surface area contributed by atoms with E-state index in [-0.39, 0.29) is 12.5 Å². The number of halogens is 3. The summed E-state index contributed by atoms with van der Waals surface area (Å²) in [6.07, 6.45) is 0. The predicted molar refractivity (Wildman–Crippen MR) is 140 cm³/mol. The molecule has 8 heteroatoms. The van der Waals surface area contributed by atoms with E-state index in [4.69, 9.17) is 32.7 Å². The van der Waals surface area contributed by atoms with Crippen LogP contribution in [0.5, 0.6) is 11.5 Å². The highest BCUT2D eigenvalue weighted by Gasteiger charge is 2.14. The Bertz CT molecular complexity index is 1140. The van der Waals surface area contributed by atoms with E-state index in [0.29, 0.717) is 28.8 Å². The van der Waals surface area contributed by atoms with E-state index in [9.17, 15) is 4.79 Å². The van der Waals surface area contributed by atoms with Gasteiger partial charge in [-0.05, 0) is 89.5 Å². The zero-order chi connectivity index (χ0) is 23.3. The number of hydrogen-bond donors (Lipinski definition) is 2. The molecule has 168 valence electrons. The van der Waals surface area contributed by atoms with Crippen LogP contribution in [0.25, 0.3) is 0 Å². The lowest BCUT2D eigenvalue weighted by Gasteiger charge is -2.16. The van der Waals surface area contributed by atoms with E-state index in [1.54, 1.807) is 19.2 Å². The molecule has 32 heavy (non-hydrogen) atoms. The molecule has 3 rings (SSSR count). The molecule has 0 aromatic heterocycles. The van der Waals surface area contributed by atoms with Crippen molar-refractivity contribution in [3.05, 3.63) is 78.8 Å². The van der Waals surface area contributed by atoms with E-state index in [1.807, 2.05) is 50.2 Å². The Labute approximate surface area is 211 Å². The molecule has 3 aromatic rings. The number of aryl methyl sites for hydroxylation is 1. The zero-order valence-corrected chi connectivity index (χ0v) is 21.6. The van der Waals surface area contributed by atoms with Crippen LogP contribution in [0.15, 0.2) is 48.5 Å². The van der Waals surface area contributed by atoms with Crippen molar-refractivity contribution < 1.29 is 14.3 Å². The first-order valence-corrected chi connectivity index (χ1v) is 11.7. The maximum atomic E-state index is 12.3. The zero-order valence-electron chi connectivity index (χ0n) is 17.9. The highest BCUT2D eigenvalue weighted by molar-refractivity contribution is 14.1. The Morgan fingerprint density at radius 3 is 2.56 bits per heavy atom. The van der Waals surface area contributed by atoms with Crippen LogP contribution < -0.4 is 20.1 Å². The highest BCUT2D eigenvalue weighted by atomic mass is 127. The molecule has 0 radical (unpaired) electrons. The molecule has 0 spiro atoms. The molecule has 1 amide bonds. The van der Waals surface area contributed by atoms with Gasteiger partial charge in [0.1, 0.15) is 0 Å². The summed E-state index contributed by atoms with van der Waals surface area (Å²) in [5.41, 5.74) is 4.54. The van der Waals surface area contributed by atoms with Crippen molar-refractivity contribution in [1.29, 1.82) is 0 Å². The van der Waals surface area contributed by atoms with Gasteiger partial charge in [-0.3, -0.25) is 4.79 Å². The van der Waals surface area contributed by atoms with Crippen molar-refractivity contribution in [3.63, 3.8) is 0 Å². The summed E-state index contributed by atoms with van der Waals surface area (Å²) in [6, 6.07) is 15.0. The van der Waals surface area contributed by atoms with Crippen LogP contribution in [0.3, 0.4) is 0 Å². The van der Waals surface area contributed by atoms with Gasteiger partial charge in [0.25, 0.3) is 5.91 Å². The summed E-state index contributed by atoms with van der Waals surface area (Å²) in [7, 11) is 1.57. The summed E-state index contributed by atoms with van der Waals surface area (Å²) < 4.78 is 12.1. The van der Waals surface area contributed by atoms with E-state index < -0.39 is 0 Å². The lowest BCUT2D eigenvalue weighted by molar-refractivity contribution is -0.118. The molecule has 3 aromatic carbocycles. The van der Waals surface area contributed by atoms with Crippen LogP contribution in [-0.4, -0.2) is 19.6 Å². The molecule has 0 saturated carbocycles. The normalized spacial score (nSPS) is 10.6. The number of rotatable bonds is 8. The maximum absolute atomic E-state index is 12.3. The number of amides is 1. The second-order valence-corrected chi connectivity index (χ2v) is 9.15. The number of carbonyl (C=O) groups excluding carboxylic acids is 1. The van der Waals surface area contributed by atoms with E-state index in [2.05, 4.69) is 33.2 Å². The number of benzene rings is 3. The third kappa shape index (κ3) is 6.21. The topological polar surface area (TPSA) is 59.6 Å². The summed E-state index contributed by atoms with van der Waals surface area (Å²) in [5, 5.41) is 7.49. The summed E-state index contributed by atoms with van der Waals surface area (Å²) in [6.45, 7) is 4.31. The van der Waals surface area contributed by atoms with E-state index in [0.717, 1.165) is 31.0 Å². The molecule has 0 aliphatic heterocycles. The first kappa shape index (κ1) is 24.5. The number of nitrogens with one attached hydrogen (secondary N) is 2. The third-order valence-corrected chi connectivity index (χ3v) is 6.46. The summed E-state index contributed by atoms with van der Waals surface area (Å²) >= 11 is 14.5.